The number of anilines is 1. The average Bonchev–Trinajstić information content (AvgIpc) is 2.86. The number of aromatic nitrogens is 3. The Labute approximate surface area is 154 Å². The molecule has 1 unspecified atom stereocenters. The van der Waals surface area contributed by atoms with E-state index in [2.05, 4.69) is 15.4 Å². The highest BCUT2D eigenvalue weighted by atomic mass is 35.5. The van der Waals surface area contributed by atoms with Gasteiger partial charge < -0.3 is 11.1 Å². The lowest BCUT2D eigenvalue weighted by atomic mass is 10.3. The van der Waals surface area contributed by atoms with Gasteiger partial charge in [-0.25, -0.2) is 4.98 Å². The number of rotatable bonds is 5. The molecule has 0 saturated carbocycles. The molecule has 2 aromatic rings. The van der Waals surface area contributed by atoms with Gasteiger partial charge in [0.1, 0.15) is 21.4 Å². The van der Waals surface area contributed by atoms with E-state index in [0.717, 1.165) is 10.7 Å². The number of hydrogen-bond acceptors (Lipinski definition) is 5. The highest BCUT2D eigenvalue weighted by Crippen LogP contribution is 2.34. The second kappa shape index (κ2) is 7.26. The average molecular weight is 412 g/mol. The maximum absolute atomic E-state index is 12.8. The first-order chi connectivity index (χ1) is 11.6. The fraction of sp³-hybridized carbons (Fsp3) is 0.308. The lowest BCUT2D eigenvalue weighted by Gasteiger charge is -2.12. The minimum absolute atomic E-state index is 0.0696. The van der Waals surface area contributed by atoms with Crippen LogP contribution >= 0.6 is 23.8 Å². The van der Waals surface area contributed by atoms with Crippen LogP contribution in [-0.2, 0) is 17.0 Å². The Morgan fingerprint density at radius 1 is 1.52 bits per heavy atom. The van der Waals surface area contributed by atoms with Gasteiger partial charge in [0, 0.05) is 19.0 Å². The van der Waals surface area contributed by atoms with Crippen molar-refractivity contribution < 1.29 is 17.4 Å². The van der Waals surface area contributed by atoms with E-state index in [0.29, 0.717) is 12.7 Å². The Morgan fingerprint density at radius 3 is 2.60 bits per heavy atom. The highest BCUT2D eigenvalue weighted by molar-refractivity contribution is 7.85. The number of pyridine rings is 1. The number of hydrogen-bond donors (Lipinski definition) is 2. The molecule has 3 N–H and O–H groups in total. The van der Waals surface area contributed by atoms with Crippen LogP contribution in [0.5, 0.6) is 0 Å². The Morgan fingerprint density at radius 2 is 2.16 bits per heavy atom. The van der Waals surface area contributed by atoms with Crippen molar-refractivity contribution in [2.75, 3.05) is 18.1 Å². The fourth-order valence-electron chi connectivity index (χ4n) is 2.05. The topological polar surface area (TPSA) is 85.8 Å². The minimum atomic E-state index is -4.58. The molecular formula is C13H13ClF3N5OS2. The summed E-state index contributed by atoms with van der Waals surface area (Å²) in [5.74, 6) is 0.181. The van der Waals surface area contributed by atoms with Crippen LogP contribution in [-0.4, -0.2) is 36.8 Å². The van der Waals surface area contributed by atoms with E-state index in [4.69, 9.17) is 29.6 Å². The molecule has 0 fully saturated rings. The standard InChI is InChI=1S/C13H13ClF3N5OS2/c1-3-19-12-9(25(2)23)8(10(18)24)21-22(12)11-7(14)4-6(5-20-11)13(15,16)17/h4-5,19H,3H2,1-2H3,(H2,18,24). The predicted molar refractivity (Wildman–Crippen MR) is 93.8 cm³/mol. The lowest BCUT2D eigenvalue weighted by Crippen LogP contribution is -2.13. The van der Waals surface area contributed by atoms with Crippen molar-refractivity contribution in [1.82, 2.24) is 14.8 Å². The molecule has 0 aliphatic rings. The molecule has 0 radical (unpaired) electrons. The van der Waals surface area contributed by atoms with Crippen molar-refractivity contribution in [1.29, 1.82) is 0 Å². The molecule has 2 rings (SSSR count). The van der Waals surface area contributed by atoms with Crippen LogP contribution in [0.3, 0.4) is 0 Å². The van der Waals surface area contributed by atoms with Crippen molar-refractivity contribution in [3.05, 3.63) is 28.5 Å². The van der Waals surface area contributed by atoms with Crippen molar-refractivity contribution in [2.45, 2.75) is 18.0 Å². The van der Waals surface area contributed by atoms with Gasteiger partial charge in [-0.1, -0.05) is 23.8 Å². The normalized spacial score (nSPS) is 12.9. The molecule has 0 aliphatic heterocycles. The van der Waals surface area contributed by atoms with E-state index in [1.165, 1.54) is 6.26 Å². The Bertz CT molecular complexity index is 853. The SMILES string of the molecule is CCNc1c(S(C)=O)c(C(N)=S)nn1-c1ncc(C(F)(F)F)cc1Cl. The van der Waals surface area contributed by atoms with Gasteiger partial charge in [-0.15, -0.1) is 0 Å². The third kappa shape index (κ3) is 3.93. The number of nitrogens with one attached hydrogen (secondary N) is 1. The second-order valence-corrected chi connectivity index (χ2v) is 6.98. The van der Waals surface area contributed by atoms with E-state index in [1.54, 1.807) is 6.92 Å². The molecule has 12 heteroatoms. The van der Waals surface area contributed by atoms with Crippen molar-refractivity contribution in [3.8, 4) is 5.82 Å². The number of nitrogens with zero attached hydrogens (tertiary/aromatic N) is 3. The van der Waals surface area contributed by atoms with Crippen LogP contribution in [0, 0.1) is 0 Å². The number of thiocarbonyl (C=S) groups is 1. The summed E-state index contributed by atoms with van der Waals surface area (Å²) in [4.78, 5) is 3.88. The summed E-state index contributed by atoms with van der Waals surface area (Å²) in [6, 6.07) is 0.740. The molecule has 0 aromatic carbocycles. The smallest absolute Gasteiger partial charge is 0.388 e. The monoisotopic (exact) mass is 411 g/mol. The highest BCUT2D eigenvalue weighted by Gasteiger charge is 2.32. The molecule has 0 amide bonds. The Kier molecular flexibility index (Phi) is 5.69. The minimum Gasteiger partial charge on any atom is -0.388 e. The zero-order valence-corrected chi connectivity index (χ0v) is 15.4. The van der Waals surface area contributed by atoms with E-state index < -0.39 is 22.5 Å². The molecule has 25 heavy (non-hydrogen) atoms. The van der Waals surface area contributed by atoms with E-state index >= 15 is 0 Å². The van der Waals surface area contributed by atoms with Gasteiger partial charge in [0.15, 0.2) is 5.82 Å². The molecule has 0 aliphatic carbocycles. The first-order valence-electron chi connectivity index (χ1n) is 6.81. The van der Waals surface area contributed by atoms with Gasteiger partial charge in [-0.3, -0.25) is 4.21 Å². The molecule has 136 valence electrons. The Hall–Kier alpha value is -1.72. The Balaban J connectivity index is 2.72. The molecule has 1 atom stereocenters. The summed E-state index contributed by atoms with van der Waals surface area (Å²) in [6.45, 7) is 2.20. The third-order valence-corrected chi connectivity index (χ3v) is 4.49. The second-order valence-electron chi connectivity index (χ2n) is 4.81. The zero-order chi connectivity index (χ0) is 18.9. The predicted octanol–water partition coefficient (Wildman–Crippen LogP) is 2.74. The van der Waals surface area contributed by atoms with Crippen molar-refractivity contribution in [2.24, 2.45) is 5.73 Å². The number of halogens is 4. The zero-order valence-electron chi connectivity index (χ0n) is 13.0. The molecule has 0 bridgehead atoms. The van der Waals surface area contributed by atoms with Crippen molar-refractivity contribution >= 4 is 45.4 Å². The van der Waals surface area contributed by atoms with Gasteiger partial charge in [0.05, 0.1) is 21.4 Å². The van der Waals surface area contributed by atoms with Crippen LogP contribution in [0.4, 0.5) is 19.0 Å². The molecule has 0 saturated heterocycles. The van der Waals surface area contributed by atoms with E-state index in [-0.39, 0.29) is 32.2 Å². The molecular weight excluding hydrogens is 399 g/mol. The largest absolute Gasteiger partial charge is 0.417 e. The van der Waals surface area contributed by atoms with Gasteiger partial charge >= 0.3 is 6.18 Å². The first-order valence-corrected chi connectivity index (χ1v) is 9.15. The van der Waals surface area contributed by atoms with Crippen LogP contribution < -0.4 is 11.1 Å². The maximum Gasteiger partial charge on any atom is 0.417 e. The van der Waals surface area contributed by atoms with Crippen LogP contribution in [0.15, 0.2) is 17.2 Å². The van der Waals surface area contributed by atoms with Gasteiger partial charge in [0.2, 0.25) is 0 Å². The van der Waals surface area contributed by atoms with Crippen LogP contribution in [0.2, 0.25) is 5.02 Å². The van der Waals surface area contributed by atoms with Crippen molar-refractivity contribution in [3.63, 3.8) is 0 Å². The third-order valence-electron chi connectivity index (χ3n) is 3.06. The summed E-state index contributed by atoms with van der Waals surface area (Å²) in [7, 11) is -1.52. The summed E-state index contributed by atoms with van der Waals surface area (Å²) in [6.07, 6.45) is -2.53. The van der Waals surface area contributed by atoms with Gasteiger partial charge in [-0.05, 0) is 13.0 Å². The summed E-state index contributed by atoms with van der Waals surface area (Å²) < 4.78 is 51.6. The molecule has 2 heterocycles. The number of alkyl halides is 3. The summed E-state index contributed by atoms with van der Waals surface area (Å²) in [5.41, 5.74) is 4.71. The lowest BCUT2D eigenvalue weighted by molar-refractivity contribution is -0.137. The molecule has 0 spiro atoms. The quantitative estimate of drug-likeness (QED) is 0.736. The van der Waals surface area contributed by atoms with Crippen LogP contribution in [0.25, 0.3) is 5.82 Å². The van der Waals surface area contributed by atoms with Gasteiger partial charge in [0.25, 0.3) is 0 Å². The summed E-state index contributed by atoms with van der Waals surface area (Å²) in [5, 5.41) is 6.80. The van der Waals surface area contributed by atoms with Crippen LogP contribution in [0.1, 0.15) is 18.2 Å². The van der Waals surface area contributed by atoms with Gasteiger partial charge in [-0.2, -0.15) is 23.0 Å². The summed E-state index contributed by atoms with van der Waals surface area (Å²) >= 11 is 10.9. The fourth-order valence-corrected chi connectivity index (χ4v) is 3.36. The van der Waals surface area contributed by atoms with E-state index in [9.17, 15) is 17.4 Å². The van der Waals surface area contributed by atoms with E-state index in [1.807, 2.05) is 0 Å². The first kappa shape index (κ1) is 19.6. The molecule has 2 aromatic heterocycles. The maximum atomic E-state index is 12.8. The number of nitrogens with two attached hydrogens (primary N) is 1. The molecule has 6 nitrogen and oxygen atoms in total.